The molecule has 0 aliphatic heterocycles. The van der Waals surface area contributed by atoms with Gasteiger partial charge in [-0.3, -0.25) is 14.2 Å². The van der Waals surface area contributed by atoms with Crippen molar-refractivity contribution in [1.82, 2.24) is 19.6 Å². The Bertz CT molecular complexity index is 1110. The molecule has 0 aliphatic rings. The Hall–Kier alpha value is -2.33. The van der Waals surface area contributed by atoms with Gasteiger partial charge in [0.15, 0.2) is 0 Å². The number of carbonyl (C=O) groups excluding carboxylic acids is 1. The summed E-state index contributed by atoms with van der Waals surface area (Å²) in [5, 5.41) is 11.3. The fourth-order valence-electron chi connectivity index (χ4n) is 3.00. The summed E-state index contributed by atoms with van der Waals surface area (Å²) in [5.41, 5.74) is 2.46. The molecule has 0 spiro atoms. The molecule has 0 radical (unpaired) electrons. The van der Waals surface area contributed by atoms with Gasteiger partial charge in [-0.05, 0) is 54.4 Å². The van der Waals surface area contributed by atoms with Crippen molar-refractivity contribution >= 4 is 39.1 Å². The summed E-state index contributed by atoms with van der Waals surface area (Å²) >= 11 is 9.17. The van der Waals surface area contributed by atoms with Crippen LogP contribution in [0.3, 0.4) is 0 Å². The molecule has 3 aromatic rings. The Morgan fingerprint density at radius 2 is 1.90 bits per heavy atom. The maximum Gasteiger partial charge on any atom is 0.283 e. The van der Waals surface area contributed by atoms with Gasteiger partial charge in [0, 0.05) is 5.02 Å². The third-order valence-electron chi connectivity index (χ3n) is 4.64. The molecule has 0 unspecified atom stereocenters. The highest BCUT2D eigenvalue weighted by Gasteiger charge is 2.22. The summed E-state index contributed by atoms with van der Waals surface area (Å²) in [6, 6.07) is 4.11. The first-order valence-electron chi connectivity index (χ1n) is 8.87. The highest BCUT2D eigenvalue weighted by atomic mass is 79.9. The SMILES string of the molecule is Cc1nn(Cc2ccc(F)cc2Cl)c(C)c1NC(=O)Cn1nc(C(F)F)c(Br)c1C. The van der Waals surface area contributed by atoms with Crippen molar-refractivity contribution in [3.05, 3.63) is 61.9 Å². The van der Waals surface area contributed by atoms with E-state index in [-0.39, 0.29) is 16.0 Å². The number of nitrogens with zero attached hydrogens (tertiary/aromatic N) is 4. The number of aromatic nitrogens is 4. The summed E-state index contributed by atoms with van der Waals surface area (Å²) in [5.74, 6) is -0.861. The van der Waals surface area contributed by atoms with Gasteiger partial charge in [0.2, 0.25) is 5.91 Å². The van der Waals surface area contributed by atoms with Gasteiger partial charge in [-0.1, -0.05) is 17.7 Å². The topological polar surface area (TPSA) is 64.7 Å². The third-order valence-corrected chi connectivity index (χ3v) is 5.97. The lowest BCUT2D eigenvalue weighted by atomic mass is 10.2. The van der Waals surface area contributed by atoms with Gasteiger partial charge >= 0.3 is 0 Å². The standard InChI is InChI=1S/C19H18BrClF3N5O/c1-9-17(11(3)28(26-9)7-12-4-5-13(22)6-14(12)21)25-15(30)8-29-10(2)16(20)18(27-29)19(23)24/h4-6,19H,7-8H2,1-3H3,(H,25,30). The monoisotopic (exact) mass is 503 g/mol. The zero-order valence-electron chi connectivity index (χ0n) is 16.3. The minimum atomic E-state index is -2.75. The van der Waals surface area contributed by atoms with Crippen molar-refractivity contribution in [2.45, 2.75) is 40.3 Å². The van der Waals surface area contributed by atoms with E-state index in [2.05, 4.69) is 31.4 Å². The number of hydrogen-bond acceptors (Lipinski definition) is 3. The smallest absolute Gasteiger partial charge is 0.283 e. The molecule has 0 atom stereocenters. The zero-order valence-corrected chi connectivity index (χ0v) is 18.7. The van der Waals surface area contributed by atoms with Crippen LogP contribution in [0.4, 0.5) is 18.9 Å². The lowest BCUT2D eigenvalue weighted by Gasteiger charge is -2.09. The Kier molecular flexibility index (Phi) is 6.56. The predicted octanol–water partition coefficient (Wildman–Crippen LogP) is 5.18. The molecule has 1 aromatic carbocycles. The van der Waals surface area contributed by atoms with E-state index in [1.807, 2.05) is 0 Å². The van der Waals surface area contributed by atoms with Gasteiger partial charge < -0.3 is 5.32 Å². The second kappa shape index (κ2) is 8.81. The van der Waals surface area contributed by atoms with Gasteiger partial charge in [-0.2, -0.15) is 10.2 Å². The molecular formula is C19H18BrClF3N5O. The first-order valence-corrected chi connectivity index (χ1v) is 10.0. The first-order chi connectivity index (χ1) is 14.1. The van der Waals surface area contributed by atoms with Crippen LogP contribution in [0, 0.1) is 26.6 Å². The fourth-order valence-corrected chi connectivity index (χ4v) is 3.68. The normalized spacial score (nSPS) is 11.4. The van der Waals surface area contributed by atoms with Gasteiger partial charge in [-0.25, -0.2) is 13.2 Å². The average molecular weight is 505 g/mol. The molecule has 0 saturated carbocycles. The van der Waals surface area contributed by atoms with Crippen LogP contribution in [-0.4, -0.2) is 25.5 Å². The van der Waals surface area contributed by atoms with Crippen LogP contribution in [0.15, 0.2) is 22.7 Å². The van der Waals surface area contributed by atoms with E-state index in [0.29, 0.717) is 34.9 Å². The van der Waals surface area contributed by atoms with E-state index in [1.54, 1.807) is 31.5 Å². The molecule has 0 aliphatic carbocycles. The number of anilines is 1. The molecule has 6 nitrogen and oxygen atoms in total. The zero-order chi connectivity index (χ0) is 22.2. The van der Waals surface area contributed by atoms with Crippen LogP contribution in [-0.2, 0) is 17.9 Å². The number of aryl methyl sites for hydroxylation is 1. The second-order valence-corrected chi connectivity index (χ2v) is 7.93. The Balaban J connectivity index is 1.77. The minimum Gasteiger partial charge on any atom is -0.321 e. The van der Waals surface area contributed by atoms with Crippen LogP contribution in [0.1, 0.15) is 34.8 Å². The number of nitrogens with one attached hydrogen (secondary N) is 1. The number of alkyl halides is 2. The molecule has 0 saturated heterocycles. The highest BCUT2D eigenvalue weighted by molar-refractivity contribution is 9.10. The lowest BCUT2D eigenvalue weighted by molar-refractivity contribution is -0.117. The molecule has 30 heavy (non-hydrogen) atoms. The molecule has 1 N–H and O–H groups in total. The maximum atomic E-state index is 13.2. The molecule has 0 bridgehead atoms. The van der Waals surface area contributed by atoms with E-state index in [4.69, 9.17) is 11.6 Å². The average Bonchev–Trinajstić information content (AvgIpc) is 3.09. The number of halogens is 5. The van der Waals surface area contributed by atoms with E-state index < -0.39 is 23.8 Å². The van der Waals surface area contributed by atoms with Crippen LogP contribution in [0.2, 0.25) is 5.02 Å². The number of rotatable bonds is 6. The highest BCUT2D eigenvalue weighted by Crippen LogP contribution is 2.29. The van der Waals surface area contributed by atoms with Crippen molar-refractivity contribution in [3.8, 4) is 0 Å². The van der Waals surface area contributed by atoms with Gasteiger partial charge in [0.05, 0.1) is 33.8 Å². The summed E-state index contributed by atoms with van der Waals surface area (Å²) < 4.78 is 42.3. The van der Waals surface area contributed by atoms with Crippen molar-refractivity contribution in [2.75, 3.05) is 5.32 Å². The van der Waals surface area contributed by atoms with E-state index in [9.17, 15) is 18.0 Å². The number of amides is 1. The van der Waals surface area contributed by atoms with Crippen LogP contribution >= 0.6 is 27.5 Å². The van der Waals surface area contributed by atoms with Crippen molar-refractivity contribution in [1.29, 1.82) is 0 Å². The minimum absolute atomic E-state index is 0.182. The van der Waals surface area contributed by atoms with Crippen molar-refractivity contribution in [2.24, 2.45) is 0 Å². The maximum absolute atomic E-state index is 13.2. The molecular weight excluding hydrogens is 487 g/mol. The van der Waals surface area contributed by atoms with Gasteiger partial charge in [-0.15, -0.1) is 0 Å². The molecule has 2 heterocycles. The predicted molar refractivity (Wildman–Crippen MR) is 110 cm³/mol. The lowest BCUT2D eigenvalue weighted by Crippen LogP contribution is -2.21. The molecule has 3 rings (SSSR count). The summed E-state index contributed by atoms with van der Waals surface area (Å²) in [6.07, 6.45) is -2.75. The third kappa shape index (κ3) is 4.54. The Morgan fingerprint density at radius 1 is 1.20 bits per heavy atom. The van der Waals surface area contributed by atoms with Crippen LogP contribution in [0.5, 0.6) is 0 Å². The summed E-state index contributed by atoms with van der Waals surface area (Å²) in [7, 11) is 0. The molecule has 2 aromatic heterocycles. The van der Waals surface area contributed by atoms with E-state index in [0.717, 1.165) is 0 Å². The molecule has 1 amide bonds. The Labute approximate surface area is 184 Å². The molecule has 160 valence electrons. The van der Waals surface area contributed by atoms with Crippen LogP contribution < -0.4 is 5.32 Å². The van der Waals surface area contributed by atoms with Crippen molar-refractivity contribution in [3.63, 3.8) is 0 Å². The first kappa shape index (κ1) is 22.4. The summed E-state index contributed by atoms with van der Waals surface area (Å²) in [4.78, 5) is 12.5. The van der Waals surface area contributed by atoms with Crippen molar-refractivity contribution < 1.29 is 18.0 Å². The van der Waals surface area contributed by atoms with E-state index >= 15 is 0 Å². The molecule has 11 heteroatoms. The van der Waals surface area contributed by atoms with E-state index in [1.165, 1.54) is 16.8 Å². The quantitative estimate of drug-likeness (QED) is 0.503. The van der Waals surface area contributed by atoms with Gasteiger partial charge in [0.25, 0.3) is 6.43 Å². The molecule has 0 fully saturated rings. The van der Waals surface area contributed by atoms with Crippen LogP contribution in [0.25, 0.3) is 0 Å². The Morgan fingerprint density at radius 3 is 2.50 bits per heavy atom. The summed E-state index contributed by atoms with van der Waals surface area (Å²) in [6.45, 7) is 5.17. The number of benzene rings is 1. The van der Waals surface area contributed by atoms with Gasteiger partial charge in [0.1, 0.15) is 18.1 Å². The largest absolute Gasteiger partial charge is 0.321 e. The number of carbonyl (C=O) groups is 1. The fraction of sp³-hybridized carbons (Fsp3) is 0.316. The number of hydrogen-bond donors (Lipinski definition) is 1. The second-order valence-electron chi connectivity index (χ2n) is 6.73.